The molecule has 0 bridgehead atoms. The molecule has 26 heavy (non-hydrogen) atoms. The Balaban J connectivity index is 1.57. The Morgan fingerprint density at radius 2 is 2.08 bits per heavy atom. The van der Waals surface area contributed by atoms with Crippen molar-refractivity contribution < 1.29 is 0 Å². The van der Waals surface area contributed by atoms with E-state index in [1.54, 1.807) is 0 Å². The molecule has 3 aromatic rings. The van der Waals surface area contributed by atoms with Crippen molar-refractivity contribution in [3.8, 4) is 0 Å². The Hall–Kier alpha value is -2.69. The molecule has 0 spiro atoms. The minimum Gasteiger partial charge on any atom is -0.361 e. The summed E-state index contributed by atoms with van der Waals surface area (Å²) < 4.78 is 2.15. The fourth-order valence-corrected chi connectivity index (χ4v) is 3.24. The number of benzene rings is 1. The monoisotopic (exact) mass is 351 g/mol. The van der Waals surface area contributed by atoms with Gasteiger partial charge in [0.15, 0.2) is 5.96 Å². The molecule has 0 saturated carbocycles. The van der Waals surface area contributed by atoms with Crippen molar-refractivity contribution in [2.24, 2.45) is 12.0 Å². The molecule has 0 atom stereocenters. The lowest BCUT2D eigenvalue weighted by atomic mass is 10.1. The predicted molar refractivity (Wildman–Crippen MR) is 109 cm³/mol. The van der Waals surface area contributed by atoms with E-state index in [2.05, 4.69) is 89.6 Å². The van der Waals surface area contributed by atoms with Crippen LogP contribution in [-0.4, -0.2) is 40.5 Å². The van der Waals surface area contributed by atoms with Crippen LogP contribution in [0.15, 0.2) is 53.8 Å². The fraction of sp³-hybridized carbons (Fsp3) is 0.381. The van der Waals surface area contributed by atoms with E-state index >= 15 is 0 Å². The number of rotatable bonds is 7. The Morgan fingerprint density at radius 1 is 1.23 bits per heavy atom. The largest absolute Gasteiger partial charge is 0.361 e. The van der Waals surface area contributed by atoms with Crippen LogP contribution in [0.25, 0.3) is 10.9 Å². The van der Waals surface area contributed by atoms with Crippen LogP contribution in [0.2, 0.25) is 0 Å². The van der Waals surface area contributed by atoms with Crippen molar-refractivity contribution in [3.05, 3.63) is 60.0 Å². The summed E-state index contributed by atoms with van der Waals surface area (Å²) in [5, 5.41) is 4.72. The summed E-state index contributed by atoms with van der Waals surface area (Å²) in [5.74, 6) is 0.965. The van der Waals surface area contributed by atoms with Crippen LogP contribution in [0.3, 0.4) is 0 Å². The van der Waals surface area contributed by atoms with Gasteiger partial charge in [0.25, 0.3) is 0 Å². The fourth-order valence-electron chi connectivity index (χ4n) is 3.24. The summed E-state index contributed by atoms with van der Waals surface area (Å²) >= 11 is 0. The van der Waals surface area contributed by atoms with Gasteiger partial charge in [-0.1, -0.05) is 18.2 Å². The molecule has 5 nitrogen and oxygen atoms in total. The lowest BCUT2D eigenvalue weighted by Gasteiger charge is -2.22. The highest BCUT2D eigenvalue weighted by Crippen LogP contribution is 2.18. The molecule has 138 valence electrons. The van der Waals surface area contributed by atoms with Gasteiger partial charge in [0.05, 0.1) is 6.54 Å². The molecule has 2 N–H and O–H groups in total. The standard InChI is InChI=1S/C21H29N5/c1-4-22-21(26(3)16-18-10-8-14-25(18)2)23-13-7-9-17-15-24-20-12-6-5-11-19(17)20/h5-6,8,10-12,14-15,24H,4,7,9,13,16H2,1-3H3,(H,22,23). The Labute approximate surface area is 155 Å². The number of nitrogens with one attached hydrogen (secondary N) is 2. The van der Waals surface area contributed by atoms with Crippen LogP contribution in [0.5, 0.6) is 0 Å². The van der Waals surface area contributed by atoms with Gasteiger partial charge in [-0.2, -0.15) is 0 Å². The van der Waals surface area contributed by atoms with E-state index in [1.807, 2.05) is 0 Å². The van der Waals surface area contributed by atoms with E-state index in [1.165, 1.54) is 22.2 Å². The molecule has 0 amide bonds. The summed E-state index contributed by atoms with van der Waals surface area (Å²) in [6.07, 6.45) is 6.28. The Morgan fingerprint density at radius 3 is 2.85 bits per heavy atom. The molecule has 2 aromatic heterocycles. The van der Waals surface area contributed by atoms with Crippen molar-refractivity contribution >= 4 is 16.9 Å². The van der Waals surface area contributed by atoms with Crippen LogP contribution in [0.1, 0.15) is 24.6 Å². The highest BCUT2D eigenvalue weighted by molar-refractivity contribution is 5.83. The van der Waals surface area contributed by atoms with Gasteiger partial charge in [0.1, 0.15) is 0 Å². The third kappa shape index (κ3) is 4.28. The molecule has 0 aliphatic heterocycles. The van der Waals surface area contributed by atoms with Crippen LogP contribution in [0, 0.1) is 0 Å². The number of aryl methyl sites for hydroxylation is 2. The van der Waals surface area contributed by atoms with Gasteiger partial charge < -0.3 is 19.8 Å². The third-order valence-corrected chi connectivity index (χ3v) is 4.69. The van der Waals surface area contributed by atoms with Crippen LogP contribution in [0.4, 0.5) is 0 Å². The zero-order valence-electron chi connectivity index (χ0n) is 16.0. The first kappa shape index (κ1) is 18.1. The van der Waals surface area contributed by atoms with Crippen molar-refractivity contribution in [1.82, 2.24) is 19.8 Å². The molecule has 0 fully saturated rings. The number of aliphatic imine (C=N–C) groups is 1. The van der Waals surface area contributed by atoms with Gasteiger partial charge in [-0.3, -0.25) is 4.99 Å². The lowest BCUT2D eigenvalue weighted by Crippen LogP contribution is -2.38. The summed E-state index contributed by atoms with van der Waals surface area (Å²) in [5.41, 5.74) is 3.86. The second kappa shape index (κ2) is 8.61. The number of hydrogen-bond donors (Lipinski definition) is 2. The Kier molecular flexibility index (Phi) is 6.00. The van der Waals surface area contributed by atoms with Crippen LogP contribution < -0.4 is 5.32 Å². The molecular weight excluding hydrogens is 322 g/mol. The van der Waals surface area contributed by atoms with Crippen molar-refractivity contribution in [3.63, 3.8) is 0 Å². The Bertz CT molecular complexity index is 858. The maximum atomic E-state index is 4.82. The van der Waals surface area contributed by atoms with Crippen molar-refractivity contribution in [2.45, 2.75) is 26.3 Å². The minimum atomic E-state index is 0.819. The molecule has 0 unspecified atom stereocenters. The zero-order chi connectivity index (χ0) is 18.4. The number of aromatic nitrogens is 2. The minimum absolute atomic E-state index is 0.819. The smallest absolute Gasteiger partial charge is 0.194 e. The molecule has 0 aliphatic rings. The number of hydrogen-bond acceptors (Lipinski definition) is 1. The SMILES string of the molecule is CCNC(=NCCCc1c[nH]c2ccccc12)N(C)Cc1cccn1C. The topological polar surface area (TPSA) is 48.4 Å². The highest BCUT2D eigenvalue weighted by atomic mass is 15.3. The number of fused-ring (bicyclic) bond motifs is 1. The van der Waals surface area contributed by atoms with Gasteiger partial charge >= 0.3 is 0 Å². The first-order valence-electron chi connectivity index (χ1n) is 9.33. The van der Waals surface area contributed by atoms with E-state index < -0.39 is 0 Å². The number of guanidine groups is 1. The van der Waals surface area contributed by atoms with E-state index in [-0.39, 0.29) is 0 Å². The summed E-state index contributed by atoms with van der Waals surface area (Å²) in [4.78, 5) is 10.3. The molecule has 3 rings (SSSR count). The van der Waals surface area contributed by atoms with Crippen LogP contribution >= 0.6 is 0 Å². The quantitative estimate of drug-likeness (QED) is 0.389. The molecule has 1 aromatic carbocycles. The van der Waals surface area contributed by atoms with Gasteiger partial charge in [-0.05, 0) is 43.5 Å². The van der Waals surface area contributed by atoms with Gasteiger partial charge in [-0.15, -0.1) is 0 Å². The first-order valence-corrected chi connectivity index (χ1v) is 9.33. The van der Waals surface area contributed by atoms with Gasteiger partial charge in [0, 0.05) is 56.2 Å². The average molecular weight is 351 g/mol. The normalized spacial score (nSPS) is 11.9. The van der Waals surface area contributed by atoms with Gasteiger partial charge in [-0.25, -0.2) is 0 Å². The maximum Gasteiger partial charge on any atom is 0.194 e. The molecule has 0 aliphatic carbocycles. The molecule has 2 heterocycles. The number of nitrogens with zero attached hydrogens (tertiary/aromatic N) is 3. The number of H-pyrrole nitrogens is 1. The second-order valence-corrected chi connectivity index (χ2v) is 6.67. The highest BCUT2D eigenvalue weighted by Gasteiger charge is 2.08. The molecule has 0 radical (unpaired) electrons. The molecular formula is C21H29N5. The van der Waals surface area contributed by atoms with Gasteiger partial charge in [0.2, 0.25) is 0 Å². The van der Waals surface area contributed by atoms with Crippen molar-refractivity contribution in [1.29, 1.82) is 0 Å². The molecule has 0 saturated heterocycles. The predicted octanol–water partition coefficient (Wildman–Crippen LogP) is 3.54. The zero-order valence-corrected chi connectivity index (χ0v) is 16.0. The number of aromatic amines is 1. The van der Waals surface area contributed by atoms with E-state index in [0.29, 0.717) is 0 Å². The average Bonchev–Trinajstić information content (AvgIpc) is 3.24. The van der Waals surface area contributed by atoms with Crippen LogP contribution in [-0.2, 0) is 20.0 Å². The third-order valence-electron chi connectivity index (χ3n) is 4.69. The first-order chi connectivity index (χ1) is 12.7. The van der Waals surface area contributed by atoms with Crippen molar-refractivity contribution in [2.75, 3.05) is 20.1 Å². The number of para-hydroxylation sites is 1. The lowest BCUT2D eigenvalue weighted by molar-refractivity contribution is 0.461. The summed E-state index contributed by atoms with van der Waals surface area (Å²) in [6, 6.07) is 12.7. The summed E-state index contributed by atoms with van der Waals surface area (Å²) in [7, 11) is 4.17. The maximum absolute atomic E-state index is 4.82. The molecule has 5 heteroatoms. The second-order valence-electron chi connectivity index (χ2n) is 6.67. The van der Waals surface area contributed by atoms with E-state index in [0.717, 1.165) is 38.4 Å². The van der Waals surface area contributed by atoms with E-state index in [9.17, 15) is 0 Å². The van der Waals surface area contributed by atoms with E-state index in [4.69, 9.17) is 4.99 Å². The summed E-state index contributed by atoms with van der Waals surface area (Å²) in [6.45, 7) is 4.65.